The second-order valence-corrected chi connectivity index (χ2v) is 5.04. The van der Waals surface area contributed by atoms with Crippen LogP contribution < -0.4 is 5.73 Å². The van der Waals surface area contributed by atoms with Gasteiger partial charge in [0.2, 0.25) is 0 Å². The Balaban J connectivity index is 2.12. The molecule has 1 heterocycles. The van der Waals surface area contributed by atoms with Crippen LogP contribution in [0.15, 0.2) is 40.9 Å². The predicted octanol–water partition coefficient (Wildman–Crippen LogP) is 2.44. The maximum absolute atomic E-state index is 11.8. The summed E-state index contributed by atoms with van der Waals surface area (Å²) in [4.78, 5) is 27.4. The number of nitro groups is 1. The fourth-order valence-electron chi connectivity index (χ4n) is 1.60. The van der Waals surface area contributed by atoms with E-state index in [1.165, 1.54) is 36.5 Å². The number of hydrogen-bond donors (Lipinski definition) is 1. The van der Waals surface area contributed by atoms with Crippen LogP contribution in [0.2, 0.25) is 0 Å². The van der Waals surface area contributed by atoms with Crippen LogP contribution in [0.3, 0.4) is 0 Å². The number of benzene rings is 1. The van der Waals surface area contributed by atoms with Crippen molar-refractivity contribution in [2.75, 3.05) is 0 Å². The fourth-order valence-corrected chi connectivity index (χ4v) is 2.22. The van der Waals surface area contributed by atoms with E-state index in [0.717, 1.165) is 0 Å². The van der Waals surface area contributed by atoms with Crippen molar-refractivity contribution in [2.45, 2.75) is 6.92 Å². The highest BCUT2D eigenvalue weighted by Gasteiger charge is 2.15. The van der Waals surface area contributed by atoms with Gasteiger partial charge in [-0.15, -0.1) is 11.3 Å². The number of rotatable bonds is 4. The molecule has 0 fully saturated rings. The van der Waals surface area contributed by atoms with Crippen LogP contribution in [0.1, 0.15) is 20.8 Å². The van der Waals surface area contributed by atoms with Gasteiger partial charge < -0.3 is 10.6 Å². The van der Waals surface area contributed by atoms with Crippen molar-refractivity contribution in [3.63, 3.8) is 0 Å². The van der Waals surface area contributed by atoms with E-state index in [2.05, 4.69) is 5.16 Å². The number of nitrogens with two attached hydrogens (primary N) is 1. The van der Waals surface area contributed by atoms with Crippen LogP contribution in [0, 0.1) is 17.0 Å². The average molecular weight is 305 g/mol. The van der Waals surface area contributed by atoms with Gasteiger partial charge in [0.05, 0.1) is 15.4 Å². The number of carbonyl (C=O) groups excluding carboxylic acids is 1. The van der Waals surface area contributed by atoms with Crippen LogP contribution in [0.4, 0.5) is 5.69 Å². The average Bonchev–Trinajstić information content (AvgIpc) is 2.98. The molecule has 0 atom stereocenters. The monoisotopic (exact) mass is 305 g/mol. The normalized spacial score (nSPS) is 11.2. The van der Waals surface area contributed by atoms with Crippen LogP contribution >= 0.6 is 11.3 Å². The van der Waals surface area contributed by atoms with Gasteiger partial charge in [-0.05, 0) is 30.5 Å². The molecule has 21 heavy (non-hydrogen) atoms. The summed E-state index contributed by atoms with van der Waals surface area (Å²) >= 11 is 1.36. The Labute approximate surface area is 123 Å². The molecular formula is C13H11N3O4S. The van der Waals surface area contributed by atoms with Crippen molar-refractivity contribution in [2.24, 2.45) is 10.9 Å². The van der Waals surface area contributed by atoms with Crippen molar-refractivity contribution in [1.82, 2.24) is 0 Å². The highest BCUT2D eigenvalue weighted by molar-refractivity contribution is 7.12. The van der Waals surface area contributed by atoms with Gasteiger partial charge >= 0.3 is 5.97 Å². The summed E-state index contributed by atoms with van der Waals surface area (Å²) in [7, 11) is 0. The minimum atomic E-state index is -0.729. The largest absolute Gasteiger partial charge is 0.380 e. The quantitative estimate of drug-likeness (QED) is 0.307. The second-order valence-electron chi connectivity index (χ2n) is 4.09. The van der Waals surface area contributed by atoms with Gasteiger partial charge in [-0.2, -0.15) is 0 Å². The number of hydrogen-bond acceptors (Lipinski definition) is 6. The number of nitrogens with zero attached hydrogens (tertiary/aromatic N) is 2. The maximum atomic E-state index is 11.8. The van der Waals surface area contributed by atoms with Gasteiger partial charge in [0.1, 0.15) is 0 Å². The zero-order chi connectivity index (χ0) is 15.4. The van der Waals surface area contributed by atoms with Gasteiger partial charge in [-0.3, -0.25) is 10.1 Å². The zero-order valence-corrected chi connectivity index (χ0v) is 11.8. The molecule has 0 spiro atoms. The first-order chi connectivity index (χ1) is 9.99. The van der Waals surface area contributed by atoms with Crippen molar-refractivity contribution in [1.29, 1.82) is 0 Å². The zero-order valence-electron chi connectivity index (χ0n) is 11.0. The first-order valence-corrected chi connectivity index (χ1v) is 6.70. The van der Waals surface area contributed by atoms with Crippen molar-refractivity contribution in [3.05, 3.63) is 61.8 Å². The minimum Gasteiger partial charge on any atom is -0.380 e. The van der Waals surface area contributed by atoms with E-state index in [1.54, 1.807) is 12.1 Å². The summed E-state index contributed by atoms with van der Waals surface area (Å²) in [6.45, 7) is 1.54. The molecule has 2 aromatic rings. The topological polar surface area (TPSA) is 108 Å². The minimum absolute atomic E-state index is 0.0619. The highest BCUT2D eigenvalue weighted by Crippen LogP contribution is 2.19. The molecule has 8 heteroatoms. The van der Waals surface area contributed by atoms with Gasteiger partial charge in [0.25, 0.3) is 5.69 Å². The molecule has 0 radical (unpaired) electrons. The predicted molar refractivity (Wildman–Crippen MR) is 78.3 cm³/mol. The van der Waals surface area contributed by atoms with Crippen LogP contribution in [0.5, 0.6) is 0 Å². The number of oxime groups is 1. The Morgan fingerprint density at radius 3 is 2.76 bits per heavy atom. The third kappa shape index (κ3) is 3.42. The van der Waals surface area contributed by atoms with Gasteiger partial charge in [-0.25, -0.2) is 4.79 Å². The summed E-state index contributed by atoms with van der Waals surface area (Å²) < 4.78 is 0. The van der Waals surface area contributed by atoms with Crippen molar-refractivity contribution >= 4 is 28.8 Å². The number of amidine groups is 1. The lowest BCUT2D eigenvalue weighted by Crippen LogP contribution is -2.13. The molecule has 0 bridgehead atoms. The molecule has 0 saturated carbocycles. The molecule has 1 aromatic carbocycles. The lowest BCUT2D eigenvalue weighted by molar-refractivity contribution is -0.385. The Bertz CT molecular complexity index is 710. The van der Waals surface area contributed by atoms with Crippen LogP contribution in [-0.4, -0.2) is 16.7 Å². The Kier molecular flexibility index (Phi) is 4.29. The standard InChI is InChI=1S/C13H11N3O4S/c1-8-7-9(4-5-10(8)16(18)19)13(17)20-15-12(14)11-3-2-6-21-11/h2-7H,1H3,(H2,14,15). The summed E-state index contributed by atoms with van der Waals surface area (Å²) in [5.41, 5.74) is 6.12. The summed E-state index contributed by atoms with van der Waals surface area (Å²) in [6.07, 6.45) is 0. The Morgan fingerprint density at radius 2 is 2.19 bits per heavy atom. The van der Waals surface area contributed by atoms with Crippen LogP contribution in [-0.2, 0) is 4.84 Å². The van der Waals surface area contributed by atoms with E-state index in [4.69, 9.17) is 10.6 Å². The Hall–Kier alpha value is -2.74. The maximum Gasteiger partial charge on any atom is 0.365 e. The lowest BCUT2D eigenvalue weighted by atomic mass is 10.1. The van der Waals surface area contributed by atoms with Crippen molar-refractivity contribution < 1.29 is 14.6 Å². The van der Waals surface area contributed by atoms with Gasteiger partial charge in [-0.1, -0.05) is 11.2 Å². The molecule has 1 aromatic heterocycles. The summed E-state index contributed by atoms with van der Waals surface area (Å²) in [6, 6.07) is 7.47. The molecule has 0 aliphatic heterocycles. The van der Waals surface area contributed by atoms with E-state index < -0.39 is 10.9 Å². The molecule has 7 nitrogen and oxygen atoms in total. The Morgan fingerprint density at radius 1 is 1.43 bits per heavy atom. The third-order valence-corrected chi connectivity index (χ3v) is 3.52. The van der Waals surface area contributed by atoms with E-state index >= 15 is 0 Å². The summed E-state index contributed by atoms with van der Waals surface area (Å²) in [5.74, 6) is -0.635. The van der Waals surface area contributed by atoms with Gasteiger partial charge in [0.15, 0.2) is 5.84 Å². The molecule has 0 unspecified atom stereocenters. The molecule has 0 saturated heterocycles. The van der Waals surface area contributed by atoms with E-state index in [9.17, 15) is 14.9 Å². The number of thiophene rings is 1. The van der Waals surface area contributed by atoms with E-state index in [0.29, 0.717) is 10.4 Å². The molecule has 0 aliphatic rings. The second kappa shape index (κ2) is 6.14. The third-order valence-electron chi connectivity index (χ3n) is 2.63. The number of carbonyl (C=O) groups is 1. The molecule has 2 N–H and O–H groups in total. The molecule has 2 rings (SSSR count). The van der Waals surface area contributed by atoms with Crippen molar-refractivity contribution in [3.8, 4) is 0 Å². The van der Waals surface area contributed by atoms with Crippen LogP contribution in [0.25, 0.3) is 0 Å². The SMILES string of the molecule is Cc1cc(C(=O)O/N=C(\N)c2cccs2)ccc1[N+](=O)[O-]. The summed E-state index contributed by atoms with van der Waals surface area (Å²) in [5, 5.41) is 16.1. The number of nitro benzene ring substituents is 1. The molecular weight excluding hydrogens is 294 g/mol. The lowest BCUT2D eigenvalue weighted by Gasteiger charge is -2.01. The first-order valence-electron chi connectivity index (χ1n) is 5.83. The fraction of sp³-hybridized carbons (Fsp3) is 0.0769. The van der Waals surface area contributed by atoms with E-state index in [-0.39, 0.29) is 17.1 Å². The molecule has 0 aliphatic carbocycles. The number of aryl methyl sites for hydroxylation is 1. The van der Waals surface area contributed by atoms with Gasteiger partial charge in [0, 0.05) is 11.6 Å². The van der Waals surface area contributed by atoms with E-state index in [1.807, 2.05) is 5.38 Å². The smallest absolute Gasteiger partial charge is 0.365 e. The molecule has 0 amide bonds. The molecule has 108 valence electrons. The highest BCUT2D eigenvalue weighted by atomic mass is 32.1. The first kappa shape index (κ1) is 14.7.